The molecule has 10 rings (SSSR count). The van der Waals surface area contributed by atoms with Crippen LogP contribution in [0.2, 0.25) is 0 Å². The highest BCUT2D eigenvalue weighted by Crippen LogP contribution is 2.55. The van der Waals surface area contributed by atoms with E-state index in [2.05, 4.69) is 157 Å². The molecule has 3 N–H and O–H groups in total. The zero-order valence-electron chi connectivity index (χ0n) is 30.6. The van der Waals surface area contributed by atoms with Crippen LogP contribution in [0.4, 0.5) is 17.1 Å². The zero-order chi connectivity index (χ0) is 37.6. The predicted octanol–water partition coefficient (Wildman–Crippen LogP) is 13.5. The minimum absolute atomic E-state index is 0.443. The van der Waals surface area contributed by atoms with Crippen molar-refractivity contribution in [2.45, 2.75) is 6.04 Å². The van der Waals surface area contributed by atoms with Crippen molar-refractivity contribution in [3.8, 4) is 44.7 Å². The van der Waals surface area contributed by atoms with Crippen molar-refractivity contribution >= 4 is 39.3 Å². The van der Waals surface area contributed by atoms with Crippen LogP contribution in [0, 0.1) is 5.41 Å². The molecule has 4 heteroatoms. The van der Waals surface area contributed by atoms with Gasteiger partial charge < -0.3 is 20.5 Å². The maximum Gasteiger partial charge on any atom is 0.145 e. The zero-order valence-corrected chi connectivity index (χ0v) is 30.6. The van der Waals surface area contributed by atoms with Crippen LogP contribution in [0.25, 0.3) is 61.2 Å². The van der Waals surface area contributed by atoms with Gasteiger partial charge in [0.2, 0.25) is 0 Å². The molecular weight excluding hydrogens is 683 g/mol. The Morgan fingerprint density at radius 1 is 0.554 bits per heavy atom. The molecule has 4 nitrogen and oxygen atoms in total. The molecule has 1 aliphatic carbocycles. The number of anilines is 3. The van der Waals surface area contributed by atoms with Gasteiger partial charge in [-0.15, -0.1) is 0 Å². The molecule has 0 spiro atoms. The number of nitrogens with two attached hydrogens (primary N) is 1. The van der Waals surface area contributed by atoms with Gasteiger partial charge in [0.25, 0.3) is 0 Å². The maximum atomic E-state index is 8.86. The Labute approximate surface area is 326 Å². The van der Waals surface area contributed by atoms with Crippen LogP contribution >= 0.6 is 0 Å². The molecule has 0 amide bonds. The molecular formula is C52H37N3O. The van der Waals surface area contributed by atoms with Gasteiger partial charge in [-0.3, -0.25) is 0 Å². The maximum absolute atomic E-state index is 8.86. The number of nitrogens with zero attached hydrogens (tertiary/aromatic N) is 1. The van der Waals surface area contributed by atoms with E-state index < -0.39 is 6.04 Å². The summed E-state index contributed by atoms with van der Waals surface area (Å²) >= 11 is 0. The average Bonchev–Trinajstić information content (AvgIpc) is 3.60. The van der Waals surface area contributed by atoms with Crippen molar-refractivity contribution in [1.29, 1.82) is 5.41 Å². The number of hydrogen-bond donors (Lipinski definition) is 2. The minimum atomic E-state index is -0.503. The molecule has 2 aliphatic rings. The minimum Gasteiger partial charge on any atom is -0.455 e. The Balaban J connectivity index is 1.23. The highest BCUT2D eigenvalue weighted by atomic mass is 16.3. The lowest BCUT2D eigenvalue weighted by atomic mass is 9.86. The van der Waals surface area contributed by atoms with Crippen LogP contribution < -0.4 is 10.6 Å². The third kappa shape index (κ3) is 5.55. The molecule has 7 aromatic carbocycles. The van der Waals surface area contributed by atoms with Crippen molar-refractivity contribution in [2.75, 3.05) is 4.90 Å². The first-order valence-corrected chi connectivity index (χ1v) is 18.9. The van der Waals surface area contributed by atoms with Crippen LogP contribution in [-0.2, 0) is 0 Å². The Bertz CT molecular complexity index is 2880. The summed E-state index contributed by atoms with van der Waals surface area (Å²) in [6, 6.07) is 60.9. The Morgan fingerprint density at radius 2 is 1.20 bits per heavy atom. The molecule has 0 saturated carbocycles. The van der Waals surface area contributed by atoms with E-state index in [4.69, 9.17) is 15.6 Å². The molecule has 2 heterocycles. The monoisotopic (exact) mass is 719 g/mol. The van der Waals surface area contributed by atoms with E-state index in [0.29, 0.717) is 5.71 Å². The SMILES string of the molecule is N=C1C=CC=C/C1=C(\c1ccccc1)[C@H](N)c1cccc(N2c3ccccc3-c3ccccc3-c3c2ccc2c(-c4ccccc4)c(-c4ccccc4)oc32)c1. The van der Waals surface area contributed by atoms with Crippen LogP contribution in [0.15, 0.2) is 210 Å². The first-order chi connectivity index (χ1) is 27.7. The summed E-state index contributed by atoms with van der Waals surface area (Å²) in [5.74, 6) is 0.845. The standard InChI is InChI=1S/C52H37N3O/c53-44-29-14-12-28-42(44)47(34-17-4-1-5-18-34)50(54)37-23-16-24-38(33-37)55-45-30-15-13-26-40(45)39-25-10-11-27-41(39)49-46(55)32-31-43-48(35-19-6-2-7-20-35)51(56-52(43)49)36-21-8-3-9-22-36/h1-33,50,53H,54H2/b47-42-,53-44?/t50-/m1/s1. The van der Waals surface area contributed by atoms with Crippen molar-refractivity contribution in [2.24, 2.45) is 5.73 Å². The molecule has 1 aromatic heterocycles. The predicted molar refractivity (Wildman–Crippen MR) is 232 cm³/mol. The quantitative estimate of drug-likeness (QED) is 0.180. The fraction of sp³-hybridized carbons (Fsp3) is 0.0192. The topological polar surface area (TPSA) is 66.2 Å². The van der Waals surface area contributed by atoms with E-state index in [1.165, 1.54) is 0 Å². The Hall–Kier alpha value is -7.27. The van der Waals surface area contributed by atoms with Gasteiger partial charge in [0.05, 0.1) is 23.1 Å². The normalized spacial score (nSPS) is 14.5. The lowest BCUT2D eigenvalue weighted by Gasteiger charge is -2.29. The van der Waals surface area contributed by atoms with Gasteiger partial charge in [-0.25, -0.2) is 0 Å². The van der Waals surface area contributed by atoms with Gasteiger partial charge in [-0.1, -0.05) is 164 Å². The van der Waals surface area contributed by atoms with E-state index in [-0.39, 0.29) is 0 Å². The van der Waals surface area contributed by atoms with E-state index in [0.717, 1.165) is 95.0 Å². The molecule has 0 radical (unpaired) electrons. The van der Waals surface area contributed by atoms with Gasteiger partial charge >= 0.3 is 0 Å². The molecule has 56 heavy (non-hydrogen) atoms. The molecule has 8 aromatic rings. The second-order valence-corrected chi connectivity index (χ2v) is 14.2. The van der Waals surface area contributed by atoms with Gasteiger partial charge in [-0.05, 0) is 69.8 Å². The number of allylic oxidation sites excluding steroid dienone is 5. The van der Waals surface area contributed by atoms with Crippen molar-refractivity contribution < 1.29 is 4.42 Å². The van der Waals surface area contributed by atoms with Crippen LogP contribution in [0.5, 0.6) is 0 Å². The number of nitrogens with one attached hydrogen (secondary N) is 1. The number of hydrogen-bond acceptors (Lipinski definition) is 4. The van der Waals surface area contributed by atoms with Gasteiger partial charge in [0.1, 0.15) is 11.3 Å². The summed E-state index contributed by atoms with van der Waals surface area (Å²) < 4.78 is 7.17. The lowest BCUT2D eigenvalue weighted by molar-refractivity contribution is 0.633. The molecule has 0 fully saturated rings. The fourth-order valence-corrected chi connectivity index (χ4v) is 8.38. The van der Waals surface area contributed by atoms with Crippen molar-refractivity contribution in [3.63, 3.8) is 0 Å². The summed E-state index contributed by atoms with van der Waals surface area (Å²) in [7, 11) is 0. The molecule has 266 valence electrons. The first-order valence-electron chi connectivity index (χ1n) is 18.9. The van der Waals surface area contributed by atoms with Crippen LogP contribution in [-0.4, -0.2) is 5.71 Å². The summed E-state index contributed by atoms with van der Waals surface area (Å²) in [6.07, 6.45) is 7.69. The first kappa shape index (κ1) is 33.3. The van der Waals surface area contributed by atoms with E-state index in [1.54, 1.807) is 0 Å². The summed E-state index contributed by atoms with van der Waals surface area (Å²) in [5.41, 5.74) is 22.9. The van der Waals surface area contributed by atoms with Crippen molar-refractivity contribution in [3.05, 3.63) is 217 Å². The van der Waals surface area contributed by atoms with Crippen LogP contribution in [0.1, 0.15) is 17.2 Å². The number of benzene rings is 7. The lowest BCUT2D eigenvalue weighted by Crippen LogP contribution is -2.18. The Morgan fingerprint density at radius 3 is 1.95 bits per heavy atom. The molecule has 1 aliphatic heterocycles. The van der Waals surface area contributed by atoms with Crippen LogP contribution in [0.3, 0.4) is 0 Å². The number of para-hydroxylation sites is 1. The highest BCUT2D eigenvalue weighted by Gasteiger charge is 2.31. The number of furan rings is 1. The van der Waals surface area contributed by atoms with Gasteiger partial charge in [0, 0.05) is 38.9 Å². The summed E-state index contributed by atoms with van der Waals surface area (Å²) in [4.78, 5) is 2.36. The highest BCUT2D eigenvalue weighted by molar-refractivity contribution is 6.16. The second-order valence-electron chi connectivity index (χ2n) is 14.2. The van der Waals surface area contributed by atoms with Gasteiger partial charge in [0.15, 0.2) is 0 Å². The molecule has 0 unspecified atom stereocenters. The summed E-state index contributed by atoms with van der Waals surface area (Å²) in [6.45, 7) is 0. The average molecular weight is 720 g/mol. The van der Waals surface area contributed by atoms with Crippen molar-refractivity contribution in [1.82, 2.24) is 0 Å². The second kappa shape index (κ2) is 13.9. The number of fused-ring (bicyclic) bond motifs is 7. The molecule has 0 saturated heterocycles. The van der Waals surface area contributed by atoms with Gasteiger partial charge in [-0.2, -0.15) is 0 Å². The Kier molecular flexibility index (Phi) is 8.24. The third-order valence-corrected chi connectivity index (χ3v) is 10.9. The summed E-state index contributed by atoms with van der Waals surface area (Å²) in [5, 5.41) is 9.92. The fourth-order valence-electron chi connectivity index (χ4n) is 8.38. The largest absolute Gasteiger partial charge is 0.455 e. The van der Waals surface area contributed by atoms with E-state index >= 15 is 0 Å². The van der Waals surface area contributed by atoms with E-state index in [1.807, 2.05) is 48.6 Å². The smallest absolute Gasteiger partial charge is 0.145 e. The molecule has 1 atom stereocenters. The van der Waals surface area contributed by atoms with E-state index in [9.17, 15) is 0 Å². The third-order valence-electron chi connectivity index (χ3n) is 10.9. The number of rotatable bonds is 6. The molecule has 0 bridgehead atoms.